The molecule has 1 fully saturated rings. The molecule has 4 rings (SSSR count). The molecule has 156 valence electrons. The lowest BCUT2D eigenvalue weighted by atomic mass is 10.1. The summed E-state index contributed by atoms with van der Waals surface area (Å²) < 4.78 is 10.6. The van der Waals surface area contributed by atoms with Gasteiger partial charge in [0.1, 0.15) is 6.04 Å². The highest BCUT2D eigenvalue weighted by atomic mass is 16.7. The molecule has 0 aliphatic carbocycles. The van der Waals surface area contributed by atoms with Crippen molar-refractivity contribution < 1.29 is 23.9 Å². The van der Waals surface area contributed by atoms with Crippen LogP contribution in [0.15, 0.2) is 42.7 Å². The standard InChI is InChI=1S/C21H22N4O5/c26-19(23-10-7-14-5-8-22-9-6-14)4-2-16-20(27)25(21(28)24-16)12-15-1-3-17-18(11-15)30-13-29-17/h1,3,5-6,8-9,11,16H,2,4,7,10,12-13H2,(H,23,26)(H,24,28)/t16-/m0/s1. The van der Waals surface area contributed by atoms with Gasteiger partial charge in [-0.3, -0.25) is 19.5 Å². The van der Waals surface area contributed by atoms with E-state index in [4.69, 9.17) is 9.47 Å². The van der Waals surface area contributed by atoms with Crippen molar-refractivity contribution in [2.75, 3.05) is 13.3 Å². The van der Waals surface area contributed by atoms with Crippen LogP contribution in [0.4, 0.5) is 4.79 Å². The average Bonchev–Trinajstić information content (AvgIpc) is 3.32. The van der Waals surface area contributed by atoms with Gasteiger partial charge in [0.05, 0.1) is 6.54 Å². The van der Waals surface area contributed by atoms with Crippen LogP contribution in [0, 0.1) is 0 Å². The van der Waals surface area contributed by atoms with Gasteiger partial charge in [0.15, 0.2) is 11.5 Å². The van der Waals surface area contributed by atoms with E-state index in [2.05, 4.69) is 15.6 Å². The van der Waals surface area contributed by atoms with E-state index in [9.17, 15) is 14.4 Å². The number of nitrogens with one attached hydrogen (secondary N) is 2. The zero-order valence-electron chi connectivity index (χ0n) is 16.3. The minimum absolute atomic E-state index is 0.135. The zero-order chi connectivity index (χ0) is 20.9. The molecule has 4 amide bonds. The van der Waals surface area contributed by atoms with Gasteiger partial charge in [-0.15, -0.1) is 0 Å². The highest BCUT2D eigenvalue weighted by molar-refractivity contribution is 6.04. The lowest BCUT2D eigenvalue weighted by molar-refractivity contribution is -0.128. The average molecular weight is 410 g/mol. The van der Waals surface area contributed by atoms with Gasteiger partial charge < -0.3 is 20.1 Å². The topological polar surface area (TPSA) is 110 Å². The van der Waals surface area contributed by atoms with E-state index < -0.39 is 12.1 Å². The van der Waals surface area contributed by atoms with Gasteiger partial charge >= 0.3 is 6.03 Å². The predicted molar refractivity (Wildman–Crippen MR) is 106 cm³/mol. The second-order valence-corrected chi connectivity index (χ2v) is 7.11. The zero-order valence-corrected chi connectivity index (χ0v) is 16.3. The molecule has 1 saturated heterocycles. The van der Waals surface area contributed by atoms with E-state index in [-0.39, 0.29) is 38.0 Å². The third kappa shape index (κ3) is 4.51. The molecule has 0 bridgehead atoms. The number of fused-ring (bicyclic) bond motifs is 1. The molecule has 0 spiro atoms. The Morgan fingerprint density at radius 1 is 1.13 bits per heavy atom. The number of aromatic nitrogens is 1. The van der Waals surface area contributed by atoms with E-state index in [1.54, 1.807) is 30.6 Å². The second-order valence-electron chi connectivity index (χ2n) is 7.11. The van der Waals surface area contributed by atoms with E-state index in [0.29, 0.717) is 24.5 Å². The molecule has 2 N–H and O–H groups in total. The molecule has 1 aromatic carbocycles. The first-order chi connectivity index (χ1) is 14.6. The number of rotatable bonds is 8. The van der Waals surface area contributed by atoms with Gasteiger partial charge in [-0.2, -0.15) is 0 Å². The number of pyridine rings is 1. The van der Waals surface area contributed by atoms with E-state index in [0.717, 1.165) is 16.0 Å². The molecule has 2 aromatic rings. The van der Waals surface area contributed by atoms with Crippen LogP contribution in [-0.2, 0) is 22.6 Å². The van der Waals surface area contributed by atoms with Gasteiger partial charge in [0, 0.05) is 25.4 Å². The third-order valence-corrected chi connectivity index (χ3v) is 5.03. The van der Waals surface area contributed by atoms with Crippen molar-refractivity contribution in [2.24, 2.45) is 0 Å². The number of imide groups is 1. The molecule has 9 nitrogen and oxygen atoms in total. The monoisotopic (exact) mass is 410 g/mol. The SMILES string of the molecule is O=C(CC[C@@H]1NC(=O)N(Cc2ccc3c(c2)OCO3)C1=O)NCCc1ccncc1. The molecular formula is C21H22N4O5. The van der Waals surface area contributed by atoms with Crippen molar-refractivity contribution in [1.29, 1.82) is 0 Å². The van der Waals surface area contributed by atoms with Gasteiger partial charge in [0.25, 0.3) is 5.91 Å². The van der Waals surface area contributed by atoms with Gasteiger partial charge in [0.2, 0.25) is 12.7 Å². The summed E-state index contributed by atoms with van der Waals surface area (Å²) in [5.41, 5.74) is 1.85. The predicted octanol–water partition coefficient (Wildman–Crippen LogP) is 1.37. The number of carbonyl (C=O) groups excluding carboxylic acids is 3. The van der Waals surface area contributed by atoms with Crippen LogP contribution < -0.4 is 20.1 Å². The third-order valence-electron chi connectivity index (χ3n) is 5.03. The fourth-order valence-corrected chi connectivity index (χ4v) is 3.40. The summed E-state index contributed by atoms with van der Waals surface area (Å²) in [6.07, 6.45) is 4.53. The first kappa shape index (κ1) is 19.7. The van der Waals surface area contributed by atoms with Crippen molar-refractivity contribution in [1.82, 2.24) is 20.5 Å². The van der Waals surface area contributed by atoms with Gasteiger partial charge in [-0.1, -0.05) is 6.07 Å². The maximum atomic E-state index is 12.6. The Morgan fingerprint density at radius 3 is 2.77 bits per heavy atom. The fourth-order valence-electron chi connectivity index (χ4n) is 3.40. The highest BCUT2D eigenvalue weighted by Gasteiger charge is 2.38. The Labute approximate surface area is 173 Å². The molecular weight excluding hydrogens is 388 g/mol. The van der Waals surface area contributed by atoms with Crippen LogP contribution in [0.2, 0.25) is 0 Å². The summed E-state index contributed by atoms with van der Waals surface area (Å²) in [7, 11) is 0. The lowest BCUT2D eigenvalue weighted by Crippen LogP contribution is -2.33. The smallest absolute Gasteiger partial charge is 0.325 e. The first-order valence-electron chi connectivity index (χ1n) is 9.76. The number of nitrogens with zero attached hydrogens (tertiary/aromatic N) is 2. The van der Waals surface area contributed by atoms with Crippen molar-refractivity contribution in [3.05, 3.63) is 53.9 Å². The molecule has 0 saturated carbocycles. The number of amides is 4. The number of urea groups is 1. The summed E-state index contributed by atoms with van der Waals surface area (Å²) in [4.78, 5) is 42.0. The molecule has 1 atom stereocenters. The fraction of sp³-hybridized carbons (Fsp3) is 0.333. The normalized spacial score (nSPS) is 17.2. The lowest BCUT2D eigenvalue weighted by Gasteiger charge is -2.13. The number of hydrogen-bond acceptors (Lipinski definition) is 6. The van der Waals surface area contributed by atoms with Crippen LogP contribution in [0.3, 0.4) is 0 Å². The molecule has 30 heavy (non-hydrogen) atoms. The second kappa shape index (κ2) is 8.81. The van der Waals surface area contributed by atoms with Crippen molar-refractivity contribution in [2.45, 2.75) is 31.8 Å². The summed E-state index contributed by atoms with van der Waals surface area (Å²) >= 11 is 0. The molecule has 9 heteroatoms. The van der Waals surface area contributed by atoms with Crippen LogP contribution in [0.5, 0.6) is 11.5 Å². The van der Waals surface area contributed by atoms with Crippen LogP contribution in [0.25, 0.3) is 0 Å². The number of hydrogen-bond donors (Lipinski definition) is 2. The minimum atomic E-state index is -0.697. The summed E-state index contributed by atoms with van der Waals surface area (Å²) in [5, 5.41) is 5.49. The Balaban J connectivity index is 1.24. The maximum Gasteiger partial charge on any atom is 0.325 e. The van der Waals surface area contributed by atoms with E-state index in [1.807, 2.05) is 12.1 Å². The summed E-state index contributed by atoms with van der Waals surface area (Å²) in [6.45, 7) is 0.800. The highest BCUT2D eigenvalue weighted by Crippen LogP contribution is 2.33. The number of ether oxygens (including phenoxy) is 2. The van der Waals surface area contributed by atoms with Gasteiger partial charge in [-0.05, 0) is 48.2 Å². The number of carbonyl (C=O) groups is 3. The molecule has 0 radical (unpaired) electrons. The number of benzene rings is 1. The largest absolute Gasteiger partial charge is 0.454 e. The van der Waals surface area contributed by atoms with Crippen LogP contribution in [0.1, 0.15) is 24.0 Å². The van der Waals surface area contributed by atoms with E-state index in [1.165, 1.54) is 0 Å². The Hall–Kier alpha value is -3.62. The quantitative estimate of drug-likeness (QED) is 0.636. The Bertz CT molecular complexity index is 950. The van der Waals surface area contributed by atoms with Crippen LogP contribution >= 0.6 is 0 Å². The molecule has 1 aromatic heterocycles. The molecule has 2 aliphatic heterocycles. The molecule has 3 heterocycles. The summed E-state index contributed by atoms with van der Waals surface area (Å²) in [6, 6.07) is 7.94. The minimum Gasteiger partial charge on any atom is -0.454 e. The van der Waals surface area contributed by atoms with Crippen molar-refractivity contribution in [3.63, 3.8) is 0 Å². The van der Waals surface area contributed by atoms with E-state index >= 15 is 0 Å². The molecule has 2 aliphatic rings. The van der Waals surface area contributed by atoms with Crippen molar-refractivity contribution in [3.8, 4) is 11.5 Å². The van der Waals surface area contributed by atoms with Crippen LogP contribution in [-0.4, -0.2) is 47.1 Å². The molecule has 0 unspecified atom stereocenters. The van der Waals surface area contributed by atoms with Crippen molar-refractivity contribution >= 4 is 17.8 Å². The van der Waals surface area contributed by atoms with Gasteiger partial charge in [-0.25, -0.2) is 4.79 Å². The Kier molecular flexibility index (Phi) is 5.78. The first-order valence-corrected chi connectivity index (χ1v) is 9.76. The summed E-state index contributed by atoms with van der Waals surface area (Å²) in [5.74, 6) is 0.755. The maximum absolute atomic E-state index is 12.6. The Morgan fingerprint density at radius 2 is 1.93 bits per heavy atom.